The summed E-state index contributed by atoms with van der Waals surface area (Å²) in [4.78, 5) is 18.3. The van der Waals surface area contributed by atoms with E-state index in [4.69, 9.17) is 0 Å². The molecule has 0 fully saturated rings. The molecule has 0 aromatic carbocycles. The molecule has 2 N–H and O–H groups in total. The highest BCUT2D eigenvalue weighted by Crippen LogP contribution is 2.26. The van der Waals surface area contributed by atoms with Gasteiger partial charge in [-0.3, -0.25) is 10.1 Å². The number of aromatic nitrogens is 2. The van der Waals surface area contributed by atoms with Crippen molar-refractivity contribution in [2.75, 3.05) is 44.1 Å². The second-order valence-corrected chi connectivity index (χ2v) is 6.66. The number of nitrogens with one attached hydrogen (secondary N) is 2. The van der Waals surface area contributed by atoms with Gasteiger partial charge in [-0.05, 0) is 6.92 Å². The summed E-state index contributed by atoms with van der Waals surface area (Å²) in [5, 5.41) is 16.4. The molecule has 118 valence electrons. The molecule has 11 heteroatoms. The van der Waals surface area contributed by atoms with Crippen molar-refractivity contribution in [3.8, 4) is 0 Å². The van der Waals surface area contributed by atoms with Gasteiger partial charge in [-0.2, -0.15) is 4.98 Å². The number of anilines is 2. The van der Waals surface area contributed by atoms with E-state index in [2.05, 4.69) is 20.6 Å². The summed E-state index contributed by atoms with van der Waals surface area (Å²) in [5.41, 5.74) is -0.0754. The Labute approximate surface area is 122 Å². The van der Waals surface area contributed by atoms with Gasteiger partial charge in [0.15, 0.2) is 0 Å². The quantitative estimate of drug-likeness (QED) is 0.532. The molecule has 0 bridgehead atoms. The zero-order valence-corrected chi connectivity index (χ0v) is 13.1. The van der Waals surface area contributed by atoms with Crippen LogP contribution in [0.2, 0.25) is 0 Å². The Hall–Kier alpha value is -2.01. The summed E-state index contributed by atoms with van der Waals surface area (Å²) in [7, 11) is 1.04. The molecule has 1 aromatic heterocycles. The van der Waals surface area contributed by atoms with Gasteiger partial charge >= 0.3 is 5.69 Å². The van der Waals surface area contributed by atoms with Crippen molar-refractivity contribution in [3.63, 3.8) is 0 Å². The molecule has 0 amide bonds. The van der Waals surface area contributed by atoms with Gasteiger partial charge in [0.25, 0.3) is 0 Å². The van der Waals surface area contributed by atoms with Crippen LogP contribution in [0.1, 0.15) is 5.69 Å². The van der Waals surface area contributed by atoms with Crippen molar-refractivity contribution in [1.82, 2.24) is 14.3 Å². The normalized spacial score (nSPS) is 11.5. The topological polar surface area (TPSA) is 130 Å². The zero-order valence-electron chi connectivity index (χ0n) is 12.2. The first-order chi connectivity index (χ1) is 9.69. The maximum absolute atomic E-state index is 11.6. The Morgan fingerprint density at radius 3 is 2.43 bits per heavy atom. The first-order valence-corrected chi connectivity index (χ1v) is 7.64. The highest BCUT2D eigenvalue weighted by Gasteiger charge is 2.22. The lowest BCUT2D eigenvalue weighted by atomic mass is 10.3. The van der Waals surface area contributed by atoms with Gasteiger partial charge in [0.1, 0.15) is 5.69 Å². The van der Waals surface area contributed by atoms with Crippen molar-refractivity contribution in [2.45, 2.75) is 6.92 Å². The third kappa shape index (κ3) is 4.23. The third-order valence-electron chi connectivity index (χ3n) is 2.67. The van der Waals surface area contributed by atoms with E-state index >= 15 is 0 Å². The lowest BCUT2D eigenvalue weighted by molar-refractivity contribution is -0.385. The van der Waals surface area contributed by atoms with Crippen molar-refractivity contribution in [2.24, 2.45) is 0 Å². The molecular formula is C10H18N6O4S. The minimum absolute atomic E-state index is 0.000953. The van der Waals surface area contributed by atoms with Crippen LogP contribution >= 0.6 is 0 Å². The number of nitrogens with zero attached hydrogens (tertiary/aromatic N) is 4. The van der Waals surface area contributed by atoms with E-state index in [-0.39, 0.29) is 35.4 Å². The first kappa shape index (κ1) is 17.0. The predicted molar refractivity (Wildman–Crippen MR) is 78.9 cm³/mol. The van der Waals surface area contributed by atoms with Gasteiger partial charge in [0, 0.05) is 27.7 Å². The number of hydrogen-bond donors (Lipinski definition) is 2. The lowest BCUT2D eigenvalue weighted by Gasteiger charge is -2.12. The lowest BCUT2D eigenvalue weighted by Crippen LogP contribution is -2.28. The highest BCUT2D eigenvalue weighted by atomic mass is 32.2. The van der Waals surface area contributed by atoms with Gasteiger partial charge < -0.3 is 10.6 Å². The molecule has 1 aromatic rings. The smallest absolute Gasteiger partial charge is 0.332 e. The molecule has 21 heavy (non-hydrogen) atoms. The number of nitro groups is 1. The van der Waals surface area contributed by atoms with Crippen molar-refractivity contribution in [1.29, 1.82) is 0 Å². The van der Waals surface area contributed by atoms with E-state index in [0.717, 1.165) is 4.31 Å². The monoisotopic (exact) mass is 318 g/mol. The van der Waals surface area contributed by atoms with E-state index in [0.29, 0.717) is 0 Å². The Morgan fingerprint density at radius 2 is 1.95 bits per heavy atom. The number of hydrogen-bond acceptors (Lipinski definition) is 8. The third-order valence-corrected chi connectivity index (χ3v) is 4.51. The summed E-state index contributed by atoms with van der Waals surface area (Å²) in [6, 6.07) is 0. The largest absolute Gasteiger partial charge is 0.363 e. The Balaban J connectivity index is 2.97. The van der Waals surface area contributed by atoms with E-state index in [1.807, 2.05) is 0 Å². The summed E-state index contributed by atoms with van der Waals surface area (Å²) in [6.07, 6.45) is 0. The Bertz CT molecular complexity index is 631. The minimum Gasteiger partial charge on any atom is -0.363 e. The van der Waals surface area contributed by atoms with Crippen LogP contribution in [0.25, 0.3) is 0 Å². The van der Waals surface area contributed by atoms with E-state index in [1.54, 1.807) is 7.05 Å². The first-order valence-electron chi connectivity index (χ1n) is 6.04. The van der Waals surface area contributed by atoms with Crippen LogP contribution in [0, 0.1) is 17.0 Å². The van der Waals surface area contributed by atoms with E-state index < -0.39 is 14.9 Å². The molecule has 0 radical (unpaired) electrons. The second-order valence-electron chi connectivity index (χ2n) is 4.36. The van der Waals surface area contributed by atoms with E-state index in [9.17, 15) is 18.5 Å². The Morgan fingerprint density at radius 1 is 1.33 bits per heavy atom. The van der Waals surface area contributed by atoms with Gasteiger partial charge in [-0.15, -0.1) is 0 Å². The molecule has 0 spiro atoms. The molecule has 0 unspecified atom stereocenters. The maximum Gasteiger partial charge on any atom is 0.332 e. The summed E-state index contributed by atoms with van der Waals surface area (Å²) in [5.74, 6) is 0.0108. The van der Waals surface area contributed by atoms with Crippen LogP contribution in [0.4, 0.5) is 17.5 Å². The van der Waals surface area contributed by atoms with Crippen molar-refractivity contribution < 1.29 is 13.3 Å². The molecule has 0 aliphatic heterocycles. The summed E-state index contributed by atoms with van der Waals surface area (Å²) >= 11 is 0. The van der Waals surface area contributed by atoms with Crippen LogP contribution in [-0.4, -0.2) is 61.1 Å². The SMILES string of the molecule is CNc1nc(C)c([N+](=O)[O-])c(NCCS(=O)(=O)N(C)C)n1. The summed E-state index contributed by atoms with van der Waals surface area (Å²) in [6.45, 7) is 1.49. The fourth-order valence-electron chi connectivity index (χ4n) is 1.50. The predicted octanol–water partition coefficient (Wildman–Crippen LogP) is 0.0382. The molecule has 0 saturated carbocycles. The molecule has 0 aliphatic rings. The van der Waals surface area contributed by atoms with Crippen LogP contribution in [0.15, 0.2) is 0 Å². The van der Waals surface area contributed by atoms with Gasteiger partial charge in [0.05, 0.1) is 10.7 Å². The highest BCUT2D eigenvalue weighted by molar-refractivity contribution is 7.89. The van der Waals surface area contributed by atoms with Crippen LogP contribution in [-0.2, 0) is 10.0 Å². The average Bonchev–Trinajstić information content (AvgIpc) is 2.37. The van der Waals surface area contributed by atoms with Crippen molar-refractivity contribution >= 4 is 27.5 Å². The standard InChI is InChI=1S/C10H18N6O4S/c1-7-8(16(17)18)9(14-10(11-2)13-7)12-5-6-21(19,20)15(3)4/h5-6H2,1-4H3,(H2,11,12,13,14). The Kier molecular flexibility index (Phi) is 5.38. The molecule has 10 nitrogen and oxygen atoms in total. The van der Waals surface area contributed by atoms with Gasteiger partial charge in [0.2, 0.25) is 21.8 Å². The molecule has 0 atom stereocenters. The number of sulfonamides is 1. The van der Waals surface area contributed by atoms with Crippen LogP contribution in [0.3, 0.4) is 0 Å². The van der Waals surface area contributed by atoms with Crippen LogP contribution < -0.4 is 10.6 Å². The molecule has 1 heterocycles. The van der Waals surface area contributed by atoms with E-state index in [1.165, 1.54) is 21.0 Å². The molecular weight excluding hydrogens is 300 g/mol. The summed E-state index contributed by atoms with van der Waals surface area (Å²) < 4.78 is 24.4. The molecule has 0 saturated heterocycles. The van der Waals surface area contributed by atoms with Gasteiger partial charge in [-0.1, -0.05) is 0 Å². The second kappa shape index (κ2) is 6.63. The average molecular weight is 318 g/mol. The number of rotatable bonds is 7. The van der Waals surface area contributed by atoms with Crippen LogP contribution in [0.5, 0.6) is 0 Å². The minimum atomic E-state index is -3.39. The number of aryl methyl sites for hydroxylation is 1. The fraction of sp³-hybridized carbons (Fsp3) is 0.600. The fourth-order valence-corrected chi connectivity index (χ4v) is 2.23. The van der Waals surface area contributed by atoms with Crippen molar-refractivity contribution in [3.05, 3.63) is 15.8 Å². The zero-order chi connectivity index (χ0) is 16.2. The molecule has 1 rings (SSSR count). The molecule has 0 aliphatic carbocycles. The maximum atomic E-state index is 11.6. The van der Waals surface area contributed by atoms with Gasteiger partial charge in [-0.25, -0.2) is 17.7 Å².